The van der Waals surface area contributed by atoms with Gasteiger partial charge in [-0.1, -0.05) is 41.2 Å². The first kappa shape index (κ1) is 17.0. The van der Waals surface area contributed by atoms with Crippen molar-refractivity contribution in [1.29, 1.82) is 0 Å². The number of rotatable bonds is 4. The zero-order chi connectivity index (χ0) is 17.1. The predicted molar refractivity (Wildman–Crippen MR) is 91.8 cm³/mol. The van der Waals surface area contributed by atoms with Crippen LogP contribution < -0.4 is 0 Å². The topological polar surface area (TPSA) is 68.5 Å². The smallest absolute Gasteiger partial charge is 0.286 e. The molecule has 1 aromatic heterocycles. The van der Waals surface area contributed by atoms with Crippen molar-refractivity contribution in [3.05, 3.63) is 29.8 Å². The van der Waals surface area contributed by atoms with E-state index in [1.54, 1.807) is 0 Å². The summed E-state index contributed by atoms with van der Waals surface area (Å²) in [5.41, 5.74) is 2.03. The maximum absolute atomic E-state index is 12.4. The number of morpholine rings is 1. The van der Waals surface area contributed by atoms with Crippen molar-refractivity contribution in [2.75, 3.05) is 18.8 Å². The molecule has 0 spiro atoms. The van der Waals surface area contributed by atoms with Gasteiger partial charge < -0.3 is 14.2 Å². The van der Waals surface area contributed by atoms with Crippen molar-refractivity contribution in [3.8, 4) is 11.4 Å². The summed E-state index contributed by atoms with van der Waals surface area (Å²) in [7, 11) is 0. The highest BCUT2D eigenvalue weighted by Crippen LogP contribution is 2.24. The summed E-state index contributed by atoms with van der Waals surface area (Å²) >= 11 is 1.27. The Hall–Kier alpha value is -1.86. The van der Waals surface area contributed by atoms with Gasteiger partial charge in [0.2, 0.25) is 11.7 Å². The average molecular weight is 347 g/mol. The third-order valence-corrected chi connectivity index (χ3v) is 4.69. The Bertz CT molecular complexity index is 709. The van der Waals surface area contributed by atoms with Crippen LogP contribution in [0, 0.1) is 6.92 Å². The summed E-state index contributed by atoms with van der Waals surface area (Å²) in [4.78, 5) is 18.6. The molecule has 0 radical (unpaired) electrons. The third kappa shape index (κ3) is 3.96. The molecule has 1 fully saturated rings. The molecule has 6 nitrogen and oxygen atoms in total. The van der Waals surface area contributed by atoms with Gasteiger partial charge in [0, 0.05) is 18.7 Å². The first-order chi connectivity index (χ1) is 11.5. The highest BCUT2D eigenvalue weighted by Gasteiger charge is 2.26. The van der Waals surface area contributed by atoms with E-state index in [0.717, 1.165) is 11.1 Å². The second kappa shape index (κ2) is 7.36. The maximum atomic E-state index is 12.4. The Balaban J connectivity index is 1.59. The molecule has 1 aliphatic rings. The van der Waals surface area contributed by atoms with Gasteiger partial charge in [0.25, 0.3) is 5.22 Å². The van der Waals surface area contributed by atoms with E-state index < -0.39 is 0 Å². The van der Waals surface area contributed by atoms with Gasteiger partial charge in [0.1, 0.15) is 0 Å². The molecular weight excluding hydrogens is 326 g/mol. The molecule has 0 unspecified atom stereocenters. The highest BCUT2D eigenvalue weighted by atomic mass is 32.2. The van der Waals surface area contributed by atoms with Crippen LogP contribution in [-0.2, 0) is 9.53 Å². The maximum Gasteiger partial charge on any atom is 0.286 e. The van der Waals surface area contributed by atoms with E-state index in [1.165, 1.54) is 11.8 Å². The fourth-order valence-corrected chi connectivity index (χ4v) is 3.47. The van der Waals surface area contributed by atoms with Crippen LogP contribution in [0.5, 0.6) is 0 Å². The third-order valence-electron chi connectivity index (χ3n) is 3.88. The minimum absolute atomic E-state index is 0.0673. The van der Waals surface area contributed by atoms with E-state index in [2.05, 4.69) is 10.1 Å². The standard InChI is InChI=1S/C17H21N3O3S/c1-11-6-4-5-7-14(11)16-18-17(23-19-16)24-10-15(21)20-8-12(2)22-13(3)9-20/h4-7,12-13H,8-10H2,1-3H3/t12-,13-/m1/s1. The van der Waals surface area contributed by atoms with Crippen LogP contribution >= 0.6 is 11.8 Å². The van der Waals surface area contributed by atoms with Crippen LogP contribution in [-0.4, -0.2) is 52.0 Å². The number of hydrogen-bond donors (Lipinski definition) is 0. The highest BCUT2D eigenvalue weighted by molar-refractivity contribution is 7.99. The molecular formula is C17H21N3O3S. The molecule has 2 heterocycles. The molecule has 2 aromatic rings. The van der Waals surface area contributed by atoms with Crippen molar-refractivity contribution in [3.63, 3.8) is 0 Å². The van der Waals surface area contributed by atoms with Gasteiger partial charge in [0.15, 0.2) is 0 Å². The Morgan fingerprint density at radius 3 is 2.71 bits per heavy atom. The number of aromatic nitrogens is 2. The first-order valence-electron chi connectivity index (χ1n) is 7.98. The zero-order valence-corrected chi connectivity index (χ0v) is 14.9. The summed E-state index contributed by atoms with van der Waals surface area (Å²) in [5, 5.41) is 4.42. The molecule has 0 aliphatic carbocycles. The van der Waals surface area contributed by atoms with E-state index in [1.807, 2.05) is 49.9 Å². The number of aryl methyl sites for hydroxylation is 1. The number of ether oxygens (including phenoxy) is 1. The second-order valence-electron chi connectivity index (χ2n) is 6.04. The minimum atomic E-state index is 0.0673. The zero-order valence-electron chi connectivity index (χ0n) is 14.1. The summed E-state index contributed by atoms with van der Waals surface area (Å²) in [6.07, 6.45) is 0.137. The SMILES string of the molecule is Cc1ccccc1-c1noc(SCC(=O)N2C[C@@H](C)O[C@H](C)C2)n1. The molecule has 0 N–H and O–H groups in total. The van der Waals surface area contributed by atoms with Crippen LogP contribution in [0.4, 0.5) is 0 Å². The fraction of sp³-hybridized carbons (Fsp3) is 0.471. The van der Waals surface area contributed by atoms with Crippen molar-refractivity contribution in [1.82, 2.24) is 15.0 Å². The summed E-state index contributed by atoms with van der Waals surface area (Å²) < 4.78 is 10.9. The van der Waals surface area contributed by atoms with Crippen LogP contribution in [0.2, 0.25) is 0 Å². The van der Waals surface area contributed by atoms with Crippen LogP contribution in [0.3, 0.4) is 0 Å². The molecule has 7 heteroatoms. The van der Waals surface area contributed by atoms with Gasteiger partial charge in [0.05, 0.1) is 18.0 Å². The lowest BCUT2D eigenvalue weighted by Crippen LogP contribution is -2.48. The molecule has 0 saturated carbocycles. The van der Waals surface area contributed by atoms with Crippen molar-refractivity contribution >= 4 is 17.7 Å². The molecule has 3 rings (SSSR count). The Morgan fingerprint density at radius 1 is 1.29 bits per heavy atom. The largest absolute Gasteiger partial charge is 0.372 e. The number of nitrogens with zero attached hydrogens (tertiary/aromatic N) is 3. The molecule has 1 aliphatic heterocycles. The van der Waals surface area contributed by atoms with E-state index in [9.17, 15) is 4.79 Å². The number of carbonyl (C=O) groups excluding carboxylic acids is 1. The van der Waals surface area contributed by atoms with Gasteiger partial charge in [-0.2, -0.15) is 4.98 Å². The summed E-state index contributed by atoms with van der Waals surface area (Å²) in [6.45, 7) is 7.22. The molecule has 128 valence electrons. The Morgan fingerprint density at radius 2 is 2.00 bits per heavy atom. The number of carbonyl (C=O) groups is 1. The van der Waals surface area contributed by atoms with Gasteiger partial charge in [-0.3, -0.25) is 4.79 Å². The number of benzene rings is 1. The van der Waals surface area contributed by atoms with Gasteiger partial charge in [-0.15, -0.1) is 0 Å². The van der Waals surface area contributed by atoms with Crippen molar-refractivity contribution < 1.29 is 14.1 Å². The molecule has 2 atom stereocenters. The Kier molecular flexibility index (Phi) is 5.20. The van der Waals surface area contributed by atoms with E-state index >= 15 is 0 Å². The van der Waals surface area contributed by atoms with Crippen molar-refractivity contribution in [2.45, 2.75) is 38.2 Å². The minimum Gasteiger partial charge on any atom is -0.372 e. The lowest BCUT2D eigenvalue weighted by molar-refractivity contribution is -0.140. The number of hydrogen-bond acceptors (Lipinski definition) is 6. The van der Waals surface area contributed by atoms with Crippen LogP contribution in [0.15, 0.2) is 34.0 Å². The summed E-state index contributed by atoms with van der Waals surface area (Å²) in [5.74, 6) is 0.906. The first-order valence-corrected chi connectivity index (χ1v) is 8.97. The molecule has 1 aromatic carbocycles. The monoisotopic (exact) mass is 347 g/mol. The Labute approximate surface area is 145 Å². The molecule has 1 amide bonds. The van der Waals surface area contributed by atoms with E-state index in [4.69, 9.17) is 9.26 Å². The van der Waals surface area contributed by atoms with Crippen LogP contribution in [0.1, 0.15) is 19.4 Å². The van der Waals surface area contributed by atoms with Crippen molar-refractivity contribution in [2.24, 2.45) is 0 Å². The van der Waals surface area contributed by atoms with E-state index in [-0.39, 0.29) is 23.9 Å². The number of amides is 1. The molecule has 24 heavy (non-hydrogen) atoms. The predicted octanol–water partition coefficient (Wildman–Crippen LogP) is 2.77. The van der Waals surface area contributed by atoms with Gasteiger partial charge in [-0.05, 0) is 26.3 Å². The molecule has 1 saturated heterocycles. The lowest BCUT2D eigenvalue weighted by atomic mass is 10.1. The van der Waals surface area contributed by atoms with E-state index in [0.29, 0.717) is 24.1 Å². The molecule has 0 bridgehead atoms. The second-order valence-corrected chi connectivity index (χ2v) is 6.97. The van der Waals surface area contributed by atoms with Crippen LogP contribution in [0.25, 0.3) is 11.4 Å². The normalized spacial score (nSPS) is 21.0. The fourth-order valence-electron chi connectivity index (χ4n) is 2.80. The quantitative estimate of drug-likeness (QED) is 0.792. The summed E-state index contributed by atoms with van der Waals surface area (Å²) in [6, 6.07) is 7.87. The van der Waals surface area contributed by atoms with Gasteiger partial charge in [-0.25, -0.2) is 0 Å². The lowest BCUT2D eigenvalue weighted by Gasteiger charge is -2.35. The van der Waals surface area contributed by atoms with Gasteiger partial charge >= 0.3 is 0 Å². The number of thioether (sulfide) groups is 1. The average Bonchev–Trinajstić information content (AvgIpc) is 3.01.